The number of carbonyl (C=O) groups is 1. The number of nitrogen functional groups attached to an aromatic ring is 1. The molecule has 0 radical (unpaired) electrons. The number of halogens is 1. The molecule has 1 atom stereocenters. The number of aromatic amines is 1. The molecular formula is C20H24BrN5O2. The number of hydrogen-bond donors (Lipinski definition) is 2. The number of anilines is 1. The Morgan fingerprint density at radius 1 is 1.39 bits per heavy atom. The maximum absolute atomic E-state index is 12.5. The molecule has 1 aliphatic rings. The number of carbonyl (C=O) groups excluding carboxylic acids is 1. The van der Waals surface area contributed by atoms with E-state index in [1.165, 1.54) is 0 Å². The van der Waals surface area contributed by atoms with Crippen LogP contribution in [0, 0.1) is 0 Å². The van der Waals surface area contributed by atoms with Gasteiger partial charge in [0.15, 0.2) is 0 Å². The fourth-order valence-corrected chi connectivity index (χ4v) is 4.06. The van der Waals surface area contributed by atoms with Gasteiger partial charge in [-0.05, 0) is 51.8 Å². The van der Waals surface area contributed by atoms with Crippen LogP contribution in [0.25, 0.3) is 21.9 Å². The minimum Gasteiger partial charge on any atom is -0.444 e. The van der Waals surface area contributed by atoms with Gasteiger partial charge in [0.05, 0.1) is 5.52 Å². The standard InChI is InChI=1S/C20H24BrN5O2/c1-20(2,3)28-19(27)26-8-4-5-12(26)10-15-24-16-13-7-6-11(21)9-14(13)23-18(22)17(16)25-15/h6-7,9,12H,4-5,8,10H2,1-3H3,(H2,22,23)(H,24,25)/t12-/m1/s1. The molecule has 3 N–H and O–H groups in total. The smallest absolute Gasteiger partial charge is 0.410 e. The number of aromatic nitrogens is 3. The van der Waals surface area contributed by atoms with Crippen LogP contribution >= 0.6 is 15.9 Å². The number of ether oxygens (including phenoxy) is 1. The first-order valence-corrected chi connectivity index (χ1v) is 10.2. The molecule has 2 aromatic heterocycles. The predicted octanol–water partition coefficient (Wildman–Crippen LogP) is 4.40. The molecule has 0 saturated carbocycles. The normalized spacial score (nSPS) is 17.6. The van der Waals surface area contributed by atoms with E-state index in [0.717, 1.165) is 45.1 Å². The highest BCUT2D eigenvalue weighted by molar-refractivity contribution is 9.10. The molecule has 0 spiro atoms. The summed E-state index contributed by atoms with van der Waals surface area (Å²) in [6, 6.07) is 5.95. The van der Waals surface area contributed by atoms with E-state index in [9.17, 15) is 4.79 Å². The second-order valence-corrected chi connectivity index (χ2v) is 9.16. The minimum atomic E-state index is -0.503. The lowest BCUT2D eigenvalue weighted by Crippen LogP contribution is -2.40. The maximum Gasteiger partial charge on any atom is 0.410 e. The third kappa shape index (κ3) is 3.65. The monoisotopic (exact) mass is 445 g/mol. The van der Waals surface area contributed by atoms with Gasteiger partial charge in [-0.15, -0.1) is 0 Å². The van der Waals surface area contributed by atoms with Gasteiger partial charge in [-0.1, -0.05) is 15.9 Å². The Hall–Kier alpha value is -2.35. The molecule has 0 bridgehead atoms. The van der Waals surface area contributed by atoms with Crippen LogP contribution in [0.15, 0.2) is 22.7 Å². The molecule has 4 rings (SSSR count). The second kappa shape index (κ2) is 6.92. The van der Waals surface area contributed by atoms with Gasteiger partial charge < -0.3 is 20.4 Å². The van der Waals surface area contributed by atoms with Gasteiger partial charge in [-0.25, -0.2) is 14.8 Å². The number of amides is 1. The first-order chi connectivity index (χ1) is 13.2. The first-order valence-electron chi connectivity index (χ1n) is 9.44. The van der Waals surface area contributed by atoms with Crippen molar-refractivity contribution in [2.45, 2.75) is 51.7 Å². The van der Waals surface area contributed by atoms with Crippen molar-refractivity contribution in [1.82, 2.24) is 19.9 Å². The number of nitrogens with two attached hydrogens (primary N) is 1. The number of likely N-dealkylation sites (tertiary alicyclic amines) is 1. The average Bonchev–Trinajstić information content (AvgIpc) is 3.21. The van der Waals surface area contributed by atoms with Gasteiger partial charge in [0.1, 0.15) is 28.3 Å². The molecule has 1 aliphatic heterocycles. The Balaban J connectivity index is 1.63. The van der Waals surface area contributed by atoms with Crippen molar-refractivity contribution in [3.05, 3.63) is 28.5 Å². The van der Waals surface area contributed by atoms with Crippen molar-refractivity contribution >= 4 is 49.8 Å². The minimum absolute atomic E-state index is 0.0602. The van der Waals surface area contributed by atoms with E-state index in [1.54, 1.807) is 0 Å². The van der Waals surface area contributed by atoms with E-state index in [1.807, 2.05) is 43.9 Å². The van der Waals surface area contributed by atoms with Crippen LogP contribution in [0.2, 0.25) is 0 Å². The zero-order valence-corrected chi connectivity index (χ0v) is 17.8. The van der Waals surface area contributed by atoms with Crippen molar-refractivity contribution in [3.63, 3.8) is 0 Å². The Morgan fingerprint density at radius 2 is 2.18 bits per heavy atom. The first kappa shape index (κ1) is 19.0. The Kier molecular flexibility index (Phi) is 4.69. The molecule has 148 valence electrons. The SMILES string of the molecule is CC(C)(C)OC(=O)N1CCC[C@@H]1Cc1nc2c([nH]1)c(N)nc1cc(Br)ccc12. The number of benzene rings is 1. The van der Waals surface area contributed by atoms with Gasteiger partial charge in [0.25, 0.3) is 0 Å². The van der Waals surface area contributed by atoms with Crippen molar-refractivity contribution in [1.29, 1.82) is 0 Å². The molecule has 7 nitrogen and oxygen atoms in total. The summed E-state index contributed by atoms with van der Waals surface area (Å²) in [5, 5.41) is 0.949. The topological polar surface area (TPSA) is 97.1 Å². The average molecular weight is 446 g/mol. The van der Waals surface area contributed by atoms with Crippen LogP contribution in [0.3, 0.4) is 0 Å². The van der Waals surface area contributed by atoms with Crippen LogP contribution in [0.1, 0.15) is 39.4 Å². The highest BCUT2D eigenvalue weighted by Crippen LogP contribution is 2.29. The largest absolute Gasteiger partial charge is 0.444 e. The van der Waals surface area contributed by atoms with Crippen LogP contribution in [0.4, 0.5) is 10.6 Å². The predicted molar refractivity (Wildman–Crippen MR) is 113 cm³/mol. The number of hydrogen-bond acceptors (Lipinski definition) is 5. The molecule has 3 heterocycles. The lowest BCUT2D eigenvalue weighted by atomic mass is 10.1. The summed E-state index contributed by atoms with van der Waals surface area (Å²) in [4.78, 5) is 26.9. The quantitative estimate of drug-likeness (QED) is 0.608. The third-order valence-electron chi connectivity index (χ3n) is 4.90. The highest BCUT2D eigenvalue weighted by Gasteiger charge is 2.33. The van der Waals surface area contributed by atoms with Crippen molar-refractivity contribution in [2.24, 2.45) is 0 Å². The summed E-state index contributed by atoms with van der Waals surface area (Å²) in [5.41, 5.74) is 8.01. The van der Waals surface area contributed by atoms with E-state index >= 15 is 0 Å². The van der Waals surface area contributed by atoms with Crippen LogP contribution < -0.4 is 5.73 Å². The summed E-state index contributed by atoms with van der Waals surface area (Å²) in [5.74, 6) is 1.23. The van der Waals surface area contributed by atoms with Crippen LogP contribution in [0.5, 0.6) is 0 Å². The van der Waals surface area contributed by atoms with Crippen molar-refractivity contribution in [3.8, 4) is 0 Å². The summed E-state index contributed by atoms with van der Waals surface area (Å²) in [6.45, 7) is 6.36. The van der Waals surface area contributed by atoms with E-state index in [2.05, 4.69) is 25.9 Å². The van der Waals surface area contributed by atoms with Crippen LogP contribution in [-0.2, 0) is 11.2 Å². The Bertz CT molecular complexity index is 1060. The Labute approximate surface area is 171 Å². The molecule has 3 aromatic rings. The van der Waals surface area contributed by atoms with Gasteiger partial charge >= 0.3 is 6.09 Å². The van der Waals surface area contributed by atoms with E-state index in [0.29, 0.717) is 18.8 Å². The van der Waals surface area contributed by atoms with Gasteiger partial charge in [-0.3, -0.25) is 0 Å². The zero-order valence-electron chi connectivity index (χ0n) is 16.3. The molecule has 1 saturated heterocycles. The number of H-pyrrole nitrogens is 1. The lowest BCUT2D eigenvalue weighted by molar-refractivity contribution is 0.0226. The molecule has 8 heteroatoms. The molecule has 1 aromatic carbocycles. The number of nitrogens with one attached hydrogen (secondary N) is 1. The van der Waals surface area contributed by atoms with Gasteiger partial charge in [-0.2, -0.15) is 0 Å². The molecular weight excluding hydrogens is 422 g/mol. The van der Waals surface area contributed by atoms with E-state index in [4.69, 9.17) is 15.5 Å². The summed E-state index contributed by atoms with van der Waals surface area (Å²) in [6.07, 6.45) is 2.26. The fourth-order valence-electron chi connectivity index (χ4n) is 3.71. The van der Waals surface area contributed by atoms with E-state index in [-0.39, 0.29) is 12.1 Å². The number of nitrogens with zero attached hydrogens (tertiary/aromatic N) is 3. The molecule has 0 aliphatic carbocycles. The summed E-state index contributed by atoms with van der Waals surface area (Å²) >= 11 is 3.47. The maximum atomic E-state index is 12.5. The summed E-state index contributed by atoms with van der Waals surface area (Å²) in [7, 11) is 0. The highest BCUT2D eigenvalue weighted by atomic mass is 79.9. The number of pyridine rings is 1. The molecule has 1 amide bonds. The van der Waals surface area contributed by atoms with Crippen molar-refractivity contribution in [2.75, 3.05) is 12.3 Å². The third-order valence-corrected chi connectivity index (χ3v) is 5.39. The van der Waals surface area contributed by atoms with E-state index < -0.39 is 5.60 Å². The van der Waals surface area contributed by atoms with Crippen LogP contribution in [-0.4, -0.2) is 44.1 Å². The second-order valence-electron chi connectivity index (χ2n) is 8.24. The molecule has 28 heavy (non-hydrogen) atoms. The van der Waals surface area contributed by atoms with Gasteiger partial charge in [0, 0.05) is 28.9 Å². The van der Waals surface area contributed by atoms with Gasteiger partial charge in [0.2, 0.25) is 0 Å². The number of rotatable bonds is 2. The fraction of sp³-hybridized carbons (Fsp3) is 0.450. The van der Waals surface area contributed by atoms with Crippen molar-refractivity contribution < 1.29 is 9.53 Å². The molecule has 0 unspecified atom stereocenters. The summed E-state index contributed by atoms with van der Waals surface area (Å²) < 4.78 is 6.50. The molecule has 1 fully saturated rings. The number of imidazole rings is 1. The Morgan fingerprint density at radius 3 is 2.93 bits per heavy atom. The lowest BCUT2D eigenvalue weighted by Gasteiger charge is -2.28. The number of fused-ring (bicyclic) bond motifs is 3. The zero-order chi connectivity index (χ0) is 20.1.